The molecule has 0 amide bonds. The molecule has 2 N–H and O–H groups in total. The highest BCUT2D eigenvalue weighted by Gasteiger charge is 2.09. The molecule has 74 valence electrons. The normalized spacial score (nSPS) is 10.1. The molecule has 5 heteroatoms. The Morgan fingerprint density at radius 2 is 2.40 bits per heavy atom. The Morgan fingerprint density at radius 3 is 3.07 bits per heavy atom. The molecule has 15 heavy (non-hydrogen) atoms. The first kappa shape index (κ1) is 9.21. The van der Waals surface area contributed by atoms with E-state index in [1.807, 2.05) is 6.07 Å². The van der Waals surface area contributed by atoms with Crippen molar-refractivity contribution < 1.29 is 9.90 Å². The predicted molar refractivity (Wildman–Crippen MR) is 52.4 cm³/mol. The van der Waals surface area contributed by atoms with Gasteiger partial charge in [0.1, 0.15) is 0 Å². The second-order valence-electron chi connectivity index (χ2n) is 3.08. The zero-order valence-electron chi connectivity index (χ0n) is 7.69. The maximum absolute atomic E-state index is 10.6. The predicted octanol–water partition coefficient (Wildman–Crippen LogP) is 1.33. The smallest absolute Gasteiger partial charge is 0.371 e. The number of nitrogens with zero attached hydrogens (tertiary/aromatic N) is 2. The Morgan fingerprint density at radius 1 is 1.60 bits per heavy atom. The maximum atomic E-state index is 10.6. The number of nitrogens with one attached hydrogen (secondary N) is 1. The lowest BCUT2D eigenvalue weighted by Gasteiger charge is -1.92. The van der Waals surface area contributed by atoms with E-state index in [1.54, 1.807) is 18.2 Å². The van der Waals surface area contributed by atoms with Crippen LogP contribution in [0.4, 0.5) is 0 Å². The van der Waals surface area contributed by atoms with E-state index >= 15 is 0 Å². The number of H-pyrrole nitrogens is 1. The summed E-state index contributed by atoms with van der Waals surface area (Å²) in [7, 11) is 0. The molecule has 0 saturated heterocycles. The summed E-state index contributed by atoms with van der Waals surface area (Å²) in [5.41, 5.74) is 2.07. The molecule has 1 aromatic carbocycles. The van der Waals surface area contributed by atoms with Gasteiger partial charge in [0.05, 0.1) is 23.5 Å². The minimum absolute atomic E-state index is 0.0842. The van der Waals surface area contributed by atoms with Crippen molar-refractivity contribution >= 4 is 17.0 Å². The second kappa shape index (κ2) is 3.42. The van der Waals surface area contributed by atoms with Crippen LogP contribution in [0.25, 0.3) is 11.0 Å². The van der Waals surface area contributed by atoms with Crippen LogP contribution in [0.5, 0.6) is 0 Å². The number of fused-ring (bicyclic) bond motifs is 1. The van der Waals surface area contributed by atoms with Gasteiger partial charge in [-0.05, 0) is 17.7 Å². The van der Waals surface area contributed by atoms with Crippen LogP contribution in [0.15, 0.2) is 18.2 Å². The SMILES string of the molecule is N#CCc1ccc2nc(C(=O)O)[nH]c2c1. The number of carboxylic acid groups (broad SMARTS) is 1. The third-order valence-electron chi connectivity index (χ3n) is 2.03. The van der Waals surface area contributed by atoms with Crippen molar-refractivity contribution in [1.29, 1.82) is 5.26 Å². The molecule has 1 heterocycles. The number of hydrogen-bond acceptors (Lipinski definition) is 3. The Hall–Kier alpha value is -2.35. The van der Waals surface area contributed by atoms with Crippen molar-refractivity contribution in [3.63, 3.8) is 0 Å². The van der Waals surface area contributed by atoms with E-state index in [4.69, 9.17) is 10.4 Å². The molecule has 0 saturated carbocycles. The van der Waals surface area contributed by atoms with E-state index in [-0.39, 0.29) is 5.82 Å². The van der Waals surface area contributed by atoms with Crippen LogP contribution in [0.1, 0.15) is 16.2 Å². The highest BCUT2D eigenvalue weighted by atomic mass is 16.4. The van der Waals surface area contributed by atoms with Crippen LogP contribution in [0.2, 0.25) is 0 Å². The van der Waals surface area contributed by atoms with Crippen molar-refractivity contribution in [3.05, 3.63) is 29.6 Å². The average molecular weight is 201 g/mol. The molecule has 0 atom stereocenters. The Kier molecular flexibility index (Phi) is 2.10. The zero-order chi connectivity index (χ0) is 10.8. The minimum Gasteiger partial charge on any atom is -0.475 e. The highest BCUT2D eigenvalue weighted by Crippen LogP contribution is 2.14. The summed E-state index contributed by atoms with van der Waals surface area (Å²) in [6.07, 6.45) is 0.303. The number of aromatic amines is 1. The van der Waals surface area contributed by atoms with Crippen molar-refractivity contribution in [2.45, 2.75) is 6.42 Å². The second-order valence-corrected chi connectivity index (χ2v) is 3.08. The molecule has 2 aromatic rings. The molecule has 0 radical (unpaired) electrons. The Bertz CT molecular complexity index is 566. The summed E-state index contributed by atoms with van der Waals surface area (Å²) in [6, 6.07) is 7.22. The third kappa shape index (κ3) is 1.65. The van der Waals surface area contributed by atoms with Gasteiger partial charge in [-0.1, -0.05) is 6.07 Å². The van der Waals surface area contributed by atoms with Crippen LogP contribution < -0.4 is 0 Å². The van der Waals surface area contributed by atoms with Crippen LogP contribution in [0, 0.1) is 11.3 Å². The molecule has 0 fully saturated rings. The molecule has 0 bridgehead atoms. The van der Waals surface area contributed by atoms with Gasteiger partial charge < -0.3 is 10.1 Å². The number of imidazole rings is 1. The number of aromatic carboxylic acids is 1. The number of hydrogen-bond donors (Lipinski definition) is 2. The van der Waals surface area contributed by atoms with Crippen molar-refractivity contribution in [2.24, 2.45) is 0 Å². The molecule has 0 aliphatic rings. The number of benzene rings is 1. The molecular formula is C10H7N3O2. The van der Waals surface area contributed by atoms with Gasteiger partial charge in [0.15, 0.2) is 0 Å². The largest absolute Gasteiger partial charge is 0.475 e. The topological polar surface area (TPSA) is 89.8 Å². The molecule has 0 unspecified atom stereocenters. The quantitative estimate of drug-likeness (QED) is 0.766. The Labute approximate surface area is 85.0 Å². The van der Waals surface area contributed by atoms with Crippen molar-refractivity contribution in [2.75, 3.05) is 0 Å². The van der Waals surface area contributed by atoms with Crippen LogP contribution >= 0.6 is 0 Å². The summed E-state index contributed by atoms with van der Waals surface area (Å²) >= 11 is 0. The van der Waals surface area contributed by atoms with E-state index in [0.717, 1.165) is 5.56 Å². The Balaban J connectivity index is 2.53. The highest BCUT2D eigenvalue weighted by molar-refractivity contribution is 5.89. The third-order valence-corrected chi connectivity index (χ3v) is 2.03. The molecule has 0 aliphatic carbocycles. The maximum Gasteiger partial charge on any atom is 0.371 e. The fourth-order valence-electron chi connectivity index (χ4n) is 1.36. The number of carbonyl (C=O) groups is 1. The molecular weight excluding hydrogens is 194 g/mol. The molecule has 1 aromatic heterocycles. The van der Waals surface area contributed by atoms with Crippen LogP contribution in [-0.4, -0.2) is 21.0 Å². The summed E-state index contributed by atoms with van der Waals surface area (Å²) in [5, 5.41) is 17.2. The first-order valence-electron chi connectivity index (χ1n) is 4.29. The first-order chi connectivity index (χ1) is 7.20. The van der Waals surface area contributed by atoms with Gasteiger partial charge in [-0.25, -0.2) is 9.78 Å². The van der Waals surface area contributed by atoms with Gasteiger partial charge in [-0.3, -0.25) is 0 Å². The van der Waals surface area contributed by atoms with E-state index in [1.165, 1.54) is 0 Å². The summed E-state index contributed by atoms with van der Waals surface area (Å²) < 4.78 is 0. The summed E-state index contributed by atoms with van der Waals surface area (Å²) in [6.45, 7) is 0. The minimum atomic E-state index is -1.09. The van der Waals surface area contributed by atoms with Crippen LogP contribution in [-0.2, 0) is 6.42 Å². The van der Waals surface area contributed by atoms with Gasteiger partial charge >= 0.3 is 5.97 Å². The fourth-order valence-corrected chi connectivity index (χ4v) is 1.36. The van der Waals surface area contributed by atoms with Gasteiger partial charge in [-0.15, -0.1) is 0 Å². The first-order valence-corrected chi connectivity index (χ1v) is 4.29. The van der Waals surface area contributed by atoms with E-state index < -0.39 is 5.97 Å². The molecule has 0 aliphatic heterocycles. The zero-order valence-corrected chi connectivity index (χ0v) is 7.69. The van der Waals surface area contributed by atoms with Gasteiger partial charge in [0, 0.05) is 0 Å². The summed E-state index contributed by atoms with van der Waals surface area (Å²) in [5.74, 6) is -1.17. The molecule has 5 nitrogen and oxygen atoms in total. The van der Waals surface area contributed by atoms with Crippen molar-refractivity contribution in [3.8, 4) is 6.07 Å². The fraction of sp³-hybridized carbons (Fsp3) is 0.100. The number of carboxylic acids is 1. The monoisotopic (exact) mass is 201 g/mol. The number of nitriles is 1. The van der Waals surface area contributed by atoms with Crippen LogP contribution in [0.3, 0.4) is 0 Å². The van der Waals surface area contributed by atoms with Gasteiger partial charge in [0.25, 0.3) is 0 Å². The lowest BCUT2D eigenvalue weighted by atomic mass is 10.1. The number of aromatic nitrogens is 2. The van der Waals surface area contributed by atoms with Gasteiger partial charge in [-0.2, -0.15) is 5.26 Å². The van der Waals surface area contributed by atoms with E-state index in [9.17, 15) is 4.79 Å². The van der Waals surface area contributed by atoms with E-state index in [0.29, 0.717) is 17.5 Å². The van der Waals surface area contributed by atoms with E-state index in [2.05, 4.69) is 9.97 Å². The molecule has 2 rings (SSSR count). The van der Waals surface area contributed by atoms with Crippen molar-refractivity contribution in [1.82, 2.24) is 9.97 Å². The standard InChI is InChI=1S/C10H7N3O2/c11-4-3-6-1-2-7-8(5-6)13-9(12-7)10(14)15/h1-2,5H,3H2,(H,12,13)(H,14,15). The average Bonchev–Trinajstić information content (AvgIpc) is 2.61. The lowest BCUT2D eigenvalue weighted by molar-refractivity contribution is 0.0685. The number of rotatable bonds is 2. The summed E-state index contributed by atoms with van der Waals surface area (Å²) in [4.78, 5) is 17.2. The van der Waals surface area contributed by atoms with Gasteiger partial charge in [0.2, 0.25) is 5.82 Å². The lowest BCUT2D eigenvalue weighted by Crippen LogP contribution is -1.97. The molecule has 0 spiro atoms.